The van der Waals surface area contributed by atoms with Crippen LogP contribution in [-0.2, 0) is 4.74 Å². The molecule has 0 aliphatic carbocycles. The molecule has 126 valence electrons. The van der Waals surface area contributed by atoms with Gasteiger partial charge in [0, 0.05) is 11.9 Å². The molecule has 0 spiro atoms. The molecule has 2 aromatic rings. The quantitative estimate of drug-likeness (QED) is 0.672. The number of amides is 1. The largest absolute Gasteiger partial charge is 0.444 e. The van der Waals surface area contributed by atoms with Gasteiger partial charge in [0.05, 0.1) is 17.8 Å². The predicted octanol–water partition coefficient (Wildman–Crippen LogP) is 1.87. The third-order valence-corrected chi connectivity index (χ3v) is 3.28. The molecule has 7 nitrogen and oxygen atoms in total. The Morgan fingerprint density at radius 2 is 2.13 bits per heavy atom. The third-order valence-electron chi connectivity index (χ3n) is 3.28. The Labute approximate surface area is 134 Å². The zero-order chi connectivity index (χ0) is 17.0. The zero-order valence-corrected chi connectivity index (χ0v) is 13.5. The Hall–Kier alpha value is -2.12. The number of aliphatic hydroxyl groups excluding tert-OH is 2. The van der Waals surface area contributed by atoms with Gasteiger partial charge in [0.15, 0.2) is 0 Å². The number of carbonyl (C=O) groups is 1. The topological polar surface area (TPSA) is 107 Å². The number of carbonyl (C=O) groups excluding carboxylic acids is 1. The number of alkyl carbamates (subject to hydrolysis) is 1. The van der Waals surface area contributed by atoms with Crippen LogP contribution in [0.15, 0.2) is 24.4 Å². The smallest absolute Gasteiger partial charge is 0.407 e. The van der Waals surface area contributed by atoms with Gasteiger partial charge in [0.2, 0.25) is 0 Å². The van der Waals surface area contributed by atoms with Crippen molar-refractivity contribution in [2.24, 2.45) is 0 Å². The second-order valence-electron chi connectivity index (χ2n) is 6.45. The molecule has 1 aromatic carbocycles. The van der Waals surface area contributed by atoms with Crippen LogP contribution in [0.5, 0.6) is 0 Å². The number of aromatic amines is 1. The fourth-order valence-electron chi connectivity index (χ4n) is 2.16. The molecule has 23 heavy (non-hydrogen) atoms. The van der Waals surface area contributed by atoms with Crippen molar-refractivity contribution in [2.75, 3.05) is 6.54 Å². The Balaban J connectivity index is 1.85. The Bertz CT molecular complexity index is 663. The average molecular weight is 321 g/mol. The van der Waals surface area contributed by atoms with E-state index in [9.17, 15) is 15.0 Å². The van der Waals surface area contributed by atoms with E-state index in [0.717, 1.165) is 10.9 Å². The zero-order valence-electron chi connectivity index (χ0n) is 13.5. The summed E-state index contributed by atoms with van der Waals surface area (Å²) in [5, 5.41) is 30.4. The van der Waals surface area contributed by atoms with E-state index in [2.05, 4.69) is 15.5 Å². The summed E-state index contributed by atoms with van der Waals surface area (Å²) < 4.78 is 5.10. The van der Waals surface area contributed by atoms with Gasteiger partial charge >= 0.3 is 6.09 Å². The molecule has 0 radical (unpaired) electrons. The van der Waals surface area contributed by atoms with Crippen molar-refractivity contribution in [3.05, 3.63) is 30.0 Å². The first-order valence-corrected chi connectivity index (χ1v) is 7.52. The summed E-state index contributed by atoms with van der Waals surface area (Å²) in [7, 11) is 0. The molecular weight excluding hydrogens is 298 g/mol. The molecule has 1 heterocycles. The molecule has 0 saturated heterocycles. The van der Waals surface area contributed by atoms with E-state index >= 15 is 0 Å². The van der Waals surface area contributed by atoms with Crippen LogP contribution in [-0.4, -0.2) is 44.8 Å². The molecule has 2 rings (SSSR count). The van der Waals surface area contributed by atoms with Crippen LogP contribution in [0.2, 0.25) is 0 Å². The van der Waals surface area contributed by atoms with Gasteiger partial charge in [-0.3, -0.25) is 5.10 Å². The van der Waals surface area contributed by atoms with Crippen LogP contribution in [0.25, 0.3) is 10.9 Å². The van der Waals surface area contributed by atoms with Gasteiger partial charge in [-0.05, 0) is 44.9 Å². The number of rotatable bonds is 5. The minimum Gasteiger partial charge on any atom is -0.444 e. The number of aromatic nitrogens is 2. The highest BCUT2D eigenvalue weighted by molar-refractivity contribution is 5.78. The second kappa shape index (κ2) is 6.97. The lowest BCUT2D eigenvalue weighted by atomic mass is 10.0. The number of hydrogen-bond acceptors (Lipinski definition) is 5. The number of nitrogens with one attached hydrogen (secondary N) is 2. The Morgan fingerprint density at radius 3 is 2.83 bits per heavy atom. The minimum atomic E-state index is -1.03. The highest BCUT2D eigenvalue weighted by atomic mass is 16.6. The van der Waals surface area contributed by atoms with Crippen LogP contribution in [0.3, 0.4) is 0 Å². The number of ether oxygens (including phenoxy) is 1. The second-order valence-corrected chi connectivity index (χ2v) is 6.45. The molecule has 0 aliphatic heterocycles. The van der Waals surface area contributed by atoms with Gasteiger partial charge in [-0.2, -0.15) is 5.10 Å². The van der Waals surface area contributed by atoms with Crippen LogP contribution >= 0.6 is 0 Å². The summed E-state index contributed by atoms with van der Waals surface area (Å²) in [5.41, 5.74) is 0.896. The first-order valence-electron chi connectivity index (χ1n) is 7.52. The fraction of sp³-hybridized carbons (Fsp3) is 0.500. The number of H-pyrrole nitrogens is 1. The van der Waals surface area contributed by atoms with Crippen LogP contribution < -0.4 is 5.32 Å². The monoisotopic (exact) mass is 321 g/mol. The molecule has 0 saturated carbocycles. The van der Waals surface area contributed by atoms with Crippen LogP contribution in [0.1, 0.15) is 38.9 Å². The van der Waals surface area contributed by atoms with Crippen molar-refractivity contribution in [1.82, 2.24) is 15.5 Å². The van der Waals surface area contributed by atoms with E-state index in [1.165, 1.54) is 0 Å². The number of aliphatic hydroxyl groups is 2. The summed E-state index contributed by atoms with van der Waals surface area (Å²) in [6.45, 7) is 5.53. The number of benzene rings is 1. The van der Waals surface area contributed by atoms with Gasteiger partial charge in [0.25, 0.3) is 0 Å². The molecule has 0 fully saturated rings. The van der Waals surface area contributed by atoms with Crippen molar-refractivity contribution in [3.63, 3.8) is 0 Å². The van der Waals surface area contributed by atoms with E-state index in [1.807, 2.05) is 0 Å². The third kappa shape index (κ3) is 4.94. The summed E-state index contributed by atoms with van der Waals surface area (Å²) >= 11 is 0. The summed E-state index contributed by atoms with van der Waals surface area (Å²) in [4.78, 5) is 11.5. The maximum absolute atomic E-state index is 11.5. The molecule has 1 amide bonds. The van der Waals surface area contributed by atoms with Gasteiger partial charge < -0.3 is 20.3 Å². The molecule has 0 bridgehead atoms. The van der Waals surface area contributed by atoms with Gasteiger partial charge in [-0.1, -0.05) is 6.07 Å². The maximum Gasteiger partial charge on any atom is 0.407 e. The standard InChI is InChI=1S/C16H23N3O4/c1-16(2,3)23-15(22)17-7-6-13(20)14(21)10-4-5-12-11(8-10)9-18-19-12/h4-5,8-9,13-14,20-21H,6-7H2,1-3H3,(H,17,22)(H,18,19). The molecule has 4 N–H and O–H groups in total. The number of nitrogens with zero attached hydrogens (tertiary/aromatic N) is 1. The van der Waals surface area contributed by atoms with Crippen molar-refractivity contribution in [2.45, 2.75) is 45.0 Å². The van der Waals surface area contributed by atoms with Crippen LogP contribution in [0.4, 0.5) is 4.79 Å². The lowest BCUT2D eigenvalue weighted by Crippen LogP contribution is -2.34. The first kappa shape index (κ1) is 17.2. The van der Waals surface area contributed by atoms with Crippen molar-refractivity contribution in [3.8, 4) is 0 Å². The van der Waals surface area contributed by atoms with E-state index in [4.69, 9.17) is 4.74 Å². The number of fused-ring (bicyclic) bond motifs is 1. The van der Waals surface area contributed by atoms with Crippen molar-refractivity contribution in [1.29, 1.82) is 0 Å². The molecular formula is C16H23N3O4. The minimum absolute atomic E-state index is 0.209. The van der Waals surface area contributed by atoms with Crippen LogP contribution in [0, 0.1) is 0 Å². The van der Waals surface area contributed by atoms with E-state index in [0.29, 0.717) is 5.56 Å². The van der Waals surface area contributed by atoms with Gasteiger partial charge in [0.1, 0.15) is 11.7 Å². The van der Waals surface area contributed by atoms with E-state index in [-0.39, 0.29) is 13.0 Å². The predicted molar refractivity (Wildman–Crippen MR) is 85.9 cm³/mol. The highest BCUT2D eigenvalue weighted by Crippen LogP contribution is 2.22. The molecule has 7 heteroatoms. The average Bonchev–Trinajstić information content (AvgIpc) is 2.91. The van der Waals surface area contributed by atoms with Crippen molar-refractivity contribution < 1.29 is 19.7 Å². The van der Waals surface area contributed by atoms with Gasteiger partial charge in [-0.25, -0.2) is 4.79 Å². The molecule has 2 atom stereocenters. The lowest BCUT2D eigenvalue weighted by molar-refractivity contribution is 0.0124. The fourth-order valence-corrected chi connectivity index (χ4v) is 2.16. The highest BCUT2D eigenvalue weighted by Gasteiger charge is 2.20. The molecule has 0 aliphatic rings. The van der Waals surface area contributed by atoms with Crippen molar-refractivity contribution >= 4 is 17.0 Å². The Morgan fingerprint density at radius 1 is 1.39 bits per heavy atom. The molecule has 1 aromatic heterocycles. The van der Waals surface area contributed by atoms with Gasteiger partial charge in [-0.15, -0.1) is 0 Å². The molecule has 2 unspecified atom stereocenters. The Kier molecular flexibility index (Phi) is 5.23. The lowest BCUT2D eigenvalue weighted by Gasteiger charge is -2.21. The van der Waals surface area contributed by atoms with E-state index in [1.54, 1.807) is 45.2 Å². The summed E-state index contributed by atoms with van der Waals surface area (Å²) in [6.07, 6.45) is -0.700. The number of hydrogen-bond donors (Lipinski definition) is 4. The maximum atomic E-state index is 11.5. The van der Waals surface area contributed by atoms with E-state index < -0.39 is 23.9 Å². The normalized spacial score (nSPS) is 14.5. The summed E-state index contributed by atoms with van der Waals surface area (Å²) in [6, 6.07) is 5.30. The SMILES string of the molecule is CC(C)(C)OC(=O)NCCC(O)C(O)c1ccc2[nH]ncc2c1. The summed E-state index contributed by atoms with van der Waals surface area (Å²) in [5.74, 6) is 0. The first-order chi connectivity index (χ1) is 10.8.